The van der Waals surface area contributed by atoms with E-state index in [1.165, 1.54) is 42.3 Å². The van der Waals surface area contributed by atoms with Gasteiger partial charge in [0, 0.05) is 43.2 Å². The molecule has 3 unspecified atom stereocenters. The molecule has 212 valence electrons. The highest BCUT2D eigenvalue weighted by Crippen LogP contribution is 2.67. The van der Waals surface area contributed by atoms with Crippen LogP contribution in [-0.4, -0.2) is 62.8 Å². The van der Waals surface area contributed by atoms with E-state index in [0.717, 1.165) is 43.1 Å². The number of benzene rings is 2. The summed E-state index contributed by atoms with van der Waals surface area (Å²) in [7, 11) is 1.91. The number of para-hydroxylation sites is 2. The second-order valence-corrected chi connectivity index (χ2v) is 14.1. The number of imidazole rings is 1. The van der Waals surface area contributed by atoms with Crippen LogP contribution in [0.4, 0.5) is 4.79 Å². The summed E-state index contributed by atoms with van der Waals surface area (Å²) >= 11 is 0. The Balaban J connectivity index is 1.11. The Hall–Kier alpha value is -2.86. The average molecular weight is 541 g/mol. The quantitative estimate of drug-likeness (QED) is 0.328. The minimum absolute atomic E-state index is 0.0274. The topological polar surface area (TPSA) is 50.4 Å². The highest BCUT2D eigenvalue weighted by Gasteiger charge is 2.72. The number of hydrogen-bond donors (Lipinski definition) is 0. The van der Waals surface area contributed by atoms with Crippen molar-refractivity contribution in [3.8, 4) is 0 Å². The van der Waals surface area contributed by atoms with E-state index in [2.05, 4.69) is 64.9 Å². The molecule has 6 nitrogen and oxygen atoms in total. The van der Waals surface area contributed by atoms with Crippen LogP contribution in [0.2, 0.25) is 0 Å². The molecule has 0 N–H and O–H groups in total. The van der Waals surface area contributed by atoms with E-state index in [1.807, 2.05) is 32.7 Å². The number of rotatable bonds is 6. The average Bonchev–Trinajstić information content (AvgIpc) is 3.26. The molecule has 0 radical (unpaired) electrons. The molecular formula is C34H44N4O2. The number of carbonyl (C=O) groups excluding carboxylic acids is 1. The number of aryl methyl sites for hydroxylation is 2. The van der Waals surface area contributed by atoms with Crippen LogP contribution in [0.1, 0.15) is 82.3 Å². The van der Waals surface area contributed by atoms with Crippen LogP contribution in [-0.2, 0) is 16.6 Å². The van der Waals surface area contributed by atoms with Crippen molar-refractivity contribution >= 4 is 17.1 Å². The maximum atomic E-state index is 13.0. The summed E-state index contributed by atoms with van der Waals surface area (Å²) in [5, 5.41) is 0. The molecule has 3 aliphatic carbocycles. The third kappa shape index (κ3) is 4.00. The zero-order valence-electron chi connectivity index (χ0n) is 24.8. The highest BCUT2D eigenvalue weighted by molar-refractivity contribution is 5.76. The summed E-state index contributed by atoms with van der Waals surface area (Å²) in [6, 6.07) is 18.8. The van der Waals surface area contributed by atoms with E-state index < -0.39 is 5.60 Å². The first-order valence-corrected chi connectivity index (χ1v) is 15.3. The summed E-state index contributed by atoms with van der Waals surface area (Å²) < 4.78 is 8.29. The summed E-state index contributed by atoms with van der Waals surface area (Å²) in [5.74, 6) is 1.94. The third-order valence-electron chi connectivity index (χ3n) is 10.7. The lowest BCUT2D eigenvalue weighted by Gasteiger charge is -2.44. The van der Waals surface area contributed by atoms with Crippen molar-refractivity contribution in [1.82, 2.24) is 19.4 Å². The number of aromatic nitrogens is 2. The molecule has 2 saturated carbocycles. The van der Waals surface area contributed by atoms with Gasteiger partial charge in [0.25, 0.3) is 0 Å². The monoisotopic (exact) mass is 540 g/mol. The molecule has 2 heterocycles. The van der Waals surface area contributed by atoms with Gasteiger partial charge in [-0.1, -0.05) is 36.4 Å². The van der Waals surface area contributed by atoms with Crippen molar-refractivity contribution in [3.63, 3.8) is 0 Å². The van der Waals surface area contributed by atoms with E-state index in [4.69, 9.17) is 9.72 Å². The number of carbonyl (C=O) groups is 1. The lowest BCUT2D eigenvalue weighted by Crippen LogP contribution is -2.46. The van der Waals surface area contributed by atoms with E-state index in [1.54, 1.807) is 0 Å². The number of ether oxygens (including phenoxy) is 1. The van der Waals surface area contributed by atoms with Gasteiger partial charge in [-0.3, -0.25) is 4.90 Å². The molecule has 3 fully saturated rings. The van der Waals surface area contributed by atoms with Gasteiger partial charge in [-0.15, -0.1) is 0 Å². The predicted molar refractivity (Wildman–Crippen MR) is 159 cm³/mol. The Morgan fingerprint density at radius 3 is 2.65 bits per heavy atom. The molecular weight excluding hydrogens is 496 g/mol. The molecule has 1 saturated heterocycles. The van der Waals surface area contributed by atoms with Crippen molar-refractivity contribution in [2.45, 2.75) is 101 Å². The molecule has 1 aliphatic heterocycles. The molecule has 3 aromatic rings. The fraction of sp³-hybridized carbons (Fsp3) is 0.588. The van der Waals surface area contributed by atoms with Gasteiger partial charge in [0.05, 0.1) is 11.0 Å². The molecule has 6 atom stereocenters. The first-order valence-electron chi connectivity index (χ1n) is 15.3. The number of likely N-dealkylation sites (N-methyl/N-ethyl adjacent to an activating group) is 1. The first-order chi connectivity index (χ1) is 19.1. The van der Waals surface area contributed by atoms with Crippen LogP contribution in [0.25, 0.3) is 11.0 Å². The molecule has 1 spiro atoms. The zero-order chi connectivity index (χ0) is 27.9. The van der Waals surface area contributed by atoms with Gasteiger partial charge in [0.15, 0.2) is 0 Å². The number of nitrogens with zero attached hydrogens (tertiary/aromatic N) is 4. The number of fused-ring (bicyclic) bond motifs is 2. The van der Waals surface area contributed by atoms with Gasteiger partial charge < -0.3 is 14.2 Å². The van der Waals surface area contributed by atoms with Crippen LogP contribution in [0.5, 0.6) is 0 Å². The molecule has 1 amide bonds. The maximum absolute atomic E-state index is 13.0. The smallest absolute Gasteiger partial charge is 0.410 e. The maximum Gasteiger partial charge on any atom is 0.410 e. The number of likely N-dealkylation sites (tertiary alicyclic amines) is 1. The second-order valence-electron chi connectivity index (χ2n) is 14.1. The molecule has 7 rings (SSSR count). The van der Waals surface area contributed by atoms with Gasteiger partial charge in [-0.05, 0) is 102 Å². The van der Waals surface area contributed by atoms with Crippen LogP contribution in [0.15, 0.2) is 48.5 Å². The van der Waals surface area contributed by atoms with Crippen molar-refractivity contribution in [2.24, 2.45) is 5.92 Å². The normalized spacial score (nSPS) is 32.1. The first kappa shape index (κ1) is 26.1. The van der Waals surface area contributed by atoms with Crippen LogP contribution in [0, 0.1) is 12.8 Å². The Bertz CT molecular complexity index is 1460. The molecule has 2 aromatic carbocycles. The van der Waals surface area contributed by atoms with Gasteiger partial charge in [0.1, 0.15) is 11.4 Å². The van der Waals surface area contributed by atoms with Gasteiger partial charge in [-0.25, -0.2) is 9.78 Å². The third-order valence-corrected chi connectivity index (χ3v) is 10.7. The van der Waals surface area contributed by atoms with E-state index in [0.29, 0.717) is 24.2 Å². The lowest BCUT2D eigenvalue weighted by molar-refractivity contribution is 0.0250. The van der Waals surface area contributed by atoms with Gasteiger partial charge >= 0.3 is 6.09 Å². The summed E-state index contributed by atoms with van der Waals surface area (Å²) in [6.07, 6.45) is 8.23. The van der Waals surface area contributed by atoms with Crippen molar-refractivity contribution in [2.75, 3.05) is 20.1 Å². The van der Waals surface area contributed by atoms with Gasteiger partial charge in [0.2, 0.25) is 0 Å². The zero-order valence-corrected chi connectivity index (χ0v) is 24.8. The highest BCUT2D eigenvalue weighted by atomic mass is 16.6. The Morgan fingerprint density at radius 2 is 1.88 bits per heavy atom. The molecule has 6 heteroatoms. The molecule has 0 bridgehead atoms. The summed E-state index contributed by atoms with van der Waals surface area (Å²) in [6.45, 7) is 9.81. The minimum Gasteiger partial charge on any atom is -0.444 e. The van der Waals surface area contributed by atoms with E-state index in [-0.39, 0.29) is 11.5 Å². The van der Waals surface area contributed by atoms with Crippen LogP contribution >= 0.6 is 0 Å². The molecule has 4 aliphatic rings. The van der Waals surface area contributed by atoms with Gasteiger partial charge in [-0.2, -0.15) is 0 Å². The van der Waals surface area contributed by atoms with Crippen molar-refractivity contribution < 1.29 is 9.53 Å². The number of hydrogen-bond acceptors (Lipinski definition) is 4. The minimum atomic E-state index is -0.491. The Kier molecular flexibility index (Phi) is 5.91. The lowest BCUT2D eigenvalue weighted by atomic mass is 9.63. The van der Waals surface area contributed by atoms with Crippen molar-refractivity contribution in [1.29, 1.82) is 0 Å². The number of amides is 1. The Morgan fingerprint density at radius 1 is 1.10 bits per heavy atom. The molecule has 1 aromatic heterocycles. The van der Waals surface area contributed by atoms with E-state index in [9.17, 15) is 4.79 Å². The fourth-order valence-corrected chi connectivity index (χ4v) is 8.93. The van der Waals surface area contributed by atoms with Crippen LogP contribution < -0.4 is 0 Å². The Labute approximate surface area is 238 Å². The largest absolute Gasteiger partial charge is 0.444 e. The summed E-state index contributed by atoms with van der Waals surface area (Å²) in [4.78, 5) is 22.6. The predicted octanol–water partition coefficient (Wildman–Crippen LogP) is 6.65. The standard InChI is InChI=1S/C34H44N4O2/c1-23-35-28-12-8-9-13-29(28)38(23)26-20-25-15-17-34(25)30(21-26)37(34)19-18-33(16-14-24-10-6-7-11-27(24)33)22-36(5)31(39)40-32(2,3)4/h6-13,25-26,30H,14-22H2,1-5H3/t25-,26+,30-,33?,34?,37?/m0/s1. The summed E-state index contributed by atoms with van der Waals surface area (Å²) in [5.41, 5.74) is 5.21. The SMILES string of the molecule is Cc1nc2ccccc2n1[C@@H]1C[C@@H]2CCC23[C@H](C1)N3CCC1(CN(C)C(=O)OC(C)(C)C)CCc2ccccc21. The van der Waals surface area contributed by atoms with E-state index >= 15 is 0 Å². The fourth-order valence-electron chi connectivity index (χ4n) is 8.93. The molecule has 40 heavy (non-hydrogen) atoms. The second kappa shape index (κ2) is 9.07. The van der Waals surface area contributed by atoms with Crippen molar-refractivity contribution in [3.05, 3.63) is 65.5 Å². The van der Waals surface area contributed by atoms with Crippen LogP contribution in [0.3, 0.4) is 0 Å².